The van der Waals surface area contributed by atoms with Gasteiger partial charge < -0.3 is 15.8 Å². The van der Waals surface area contributed by atoms with Gasteiger partial charge in [0.15, 0.2) is 0 Å². The van der Waals surface area contributed by atoms with Crippen LogP contribution in [0.5, 0.6) is 5.75 Å². The Morgan fingerprint density at radius 3 is 2.92 bits per heavy atom. The summed E-state index contributed by atoms with van der Waals surface area (Å²) in [6.07, 6.45) is 7.34. The van der Waals surface area contributed by atoms with E-state index in [4.69, 9.17) is 10.5 Å². The van der Waals surface area contributed by atoms with Crippen LogP contribution in [0.3, 0.4) is 0 Å². The number of nitrogens with zero attached hydrogens (tertiary/aromatic N) is 3. The van der Waals surface area contributed by atoms with Crippen LogP contribution in [0, 0.1) is 0 Å². The molecule has 1 unspecified atom stereocenters. The molecule has 3 heterocycles. The maximum atomic E-state index is 5.85. The first-order valence-electron chi connectivity index (χ1n) is 7.63. The summed E-state index contributed by atoms with van der Waals surface area (Å²) in [6.45, 7) is 0. The molecule has 24 heavy (non-hydrogen) atoms. The number of nitrogens with two attached hydrogens (primary N) is 1. The van der Waals surface area contributed by atoms with Gasteiger partial charge in [0, 0.05) is 23.5 Å². The number of ether oxygens (including phenoxy) is 1. The molecule has 0 saturated heterocycles. The summed E-state index contributed by atoms with van der Waals surface area (Å²) in [4.78, 5) is 9.06. The van der Waals surface area contributed by atoms with Crippen molar-refractivity contribution in [2.75, 3.05) is 7.11 Å². The van der Waals surface area contributed by atoms with Crippen molar-refractivity contribution >= 4 is 6.34 Å². The highest BCUT2D eigenvalue weighted by molar-refractivity contribution is 5.69. The Labute approximate surface area is 139 Å². The summed E-state index contributed by atoms with van der Waals surface area (Å²) in [6, 6.07) is 11.8. The quantitative estimate of drug-likeness (QED) is 0.777. The zero-order valence-corrected chi connectivity index (χ0v) is 13.2. The predicted octanol–water partition coefficient (Wildman–Crippen LogP) is 2.46. The van der Waals surface area contributed by atoms with Gasteiger partial charge in [0.05, 0.1) is 25.0 Å². The molecule has 4 rings (SSSR count). The third-order valence-electron chi connectivity index (χ3n) is 4.07. The smallest absolute Gasteiger partial charge is 0.144 e. The number of fused-ring (bicyclic) bond motifs is 1. The van der Waals surface area contributed by atoms with E-state index in [9.17, 15) is 0 Å². The number of aromatic nitrogens is 2. The molecule has 0 radical (unpaired) electrons. The summed E-state index contributed by atoms with van der Waals surface area (Å²) in [5.41, 5.74) is 8.86. The van der Waals surface area contributed by atoms with E-state index in [1.54, 1.807) is 13.4 Å². The minimum absolute atomic E-state index is 0.134. The number of hydrogen-bond acceptors (Lipinski definition) is 5. The number of aliphatic imine (C=N–C) groups is 1. The van der Waals surface area contributed by atoms with Crippen molar-refractivity contribution in [2.45, 2.75) is 6.04 Å². The lowest BCUT2D eigenvalue weighted by Gasteiger charge is -2.17. The molecule has 0 amide bonds. The monoisotopic (exact) mass is 319 g/mol. The molecule has 0 saturated carbocycles. The van der Waals surface area contributed by atoms with Crippen LogP contribution in [0.25, 0.3) is 17.1 Å². The maximum Gasteiger partial charge on any atom is 0.144 e. The number of rotatable bonds is 3. The van der Waals surface area contributed by atoms with Gasteiger partial charge in [0.2, 0.25) is 0 Å². The fraction of sp³-hybridized carbons (Fsp3) is 0.111. The highest BCUT2D eigenvalue weighted by atomic mass is 16.5. The third kappa shape index (κ3) is 2.28. The molecule has 3 aliphatic heterocycles. The molecule has 0 spiro atoms. The van der Waals surface area contributed by atoms with E-state index in [0.29, 0.717) is 5.82 Å². The molecule has 1 atom stereocenters. The standard InChI is InChI=1S/C18H17N5O/c1-24-16-7-3-2-6-15(16)23-8-4-5-12-13(10-20-18(12)23)14-9-17(19)22-11-21-14/h2-11,14H,19H2,1H3,(H,21,22). The zero-order valence-electron chi connectivity index (χ0n) is 13.2. The summed E-state index contributed by atoms with van der Waals surface area (Å²) in [7, 11) is 1.67. The fourth-order valence-corrected chi connectivity index (χ4v) is 2.94. The van der Waals surface area contributed by atoms with Gasteiger partial charge in [-0.2, -0.15) is 0 Å². The van der Waals surface area contributed by atoms with E-state index >= 15 is 0 Å². The summed E-state index contributed by atoms with van der Waals surface area (Å²) in [5, 5.41) is 2.88. The Bertz CT molecular complexity index is 911. The minimum atomic E-state index is -0.134. The van der Waals surface area contributed by atoms with Crippen LogP contribution < -0.4 is 15.8 Å². The van der Waals surface area contributed by atoms with Crippen molar-refractivity contribution in [3.63, 3.8) is 0 Å². The Morgan fingerprint density at radius 1 is 1.21 bits per heavy atom. The molecule has 1 aromatic rings. The molecule has 3 N–H and O–H groups in total. The average Bonchev–Trinajstić information content (AvgIpc) is 3.06. The van der Waals surface area contributed by atoms with Crippen LogP contribution in [-0.2, 0) is 0 Å². The fourth-order valence-electron chi connectivity index (χ4n) is 2.94. The van der Waals surface area contributed by atoms with Crippen LogP contribution in [0.15, 0.2) is 65.7 Å². The van der Waals surface area contributed by atoms with E-state index in [1.807, 2.05) is 59.4 Å². The molecule has 120 valence electrons. The van der Waals surface area contributed by atoms with E-state index in [1.165, 1.54) is 0 Å². The number of hydrogen-bond donors (Lipinski definition) is 2. The Hall–Kier alpha value is -3.28. The third-order valence-corrected chi connectivity index (χ3v) is 4.07. The van der Waals surface area contributed by atoms with Gasteiger partial charge in [0.1, 0.15) is 17.6 Å². The summed E-state index contributed by atoms with van der Waals surface area (Å²) in [5.74, 6) is 2.25. The summed E-state index contributed by atoms with van der Waals surface area (Å²) < 4.78 is 7.50. The van der Waals surface area contributed by atoms with Gasteiger partial charge in [0.25, 0.3) is 0 Å². The van der Waals surface area contributed by atoms with Gasteiger partial charge >= 0.3 is 0 Å². The van der Waals surface area contributed by atoms with Crippen molar-refractivity contribution in [3.05, 3.63) is 66.3 Å². The first-order chi connectivity index (χ1) is 11.8. The zero-order chi connectivity index (χ0) is 16.5. The van der Waals surface area contributed by atoms with Crippen LogP contribution in [0.4, 0.5) is 0 Å². The first kappa shape index (κ1) is 14.3. The van der Waals surface area contributed by atoms with Crippen molar-refractivity contribution in [1.29, 1.82) is 0 Å². The molecule has 1 aromatic carbocycles. The topological polar surface area (TPSA) is 77.5 Å². The van der Waals surface area contributed by atoms with Gasteiger partial charge in [-0.05, 0) is 30.3 Å². The van der Waals surface area contributed by atoms with Crippen molar-refractivity contribution < 1.29 is 4.74 Å². The van der Waals surface area contributed by atoms with Crippen LogP contribution in [0.1, 0.15) is 11.6 Å². The second-order valence-corrected chi connectivity index (χ2v) is 5.49. The predicted molar refractivity (Wildman–Crippen MR) is 93.4 cm³/mol. The largest absolute Gasteiger partial charge is 0.495 e. The number of benzene rings is 1. The molecular formula is C18H17N5O. The van der Waals surface area contributed by atoms with E-state index < -0.39 is 0 Å². The Morgan fingerprint density at radius 2 is 2.08 bits per heavy atom. The average molecular weight is 319 g/mol. The molecule has 0 aliphatic carbocycles. The Kier molecular flexibility index (Phi) is 3.42. The van der Waals surface area contributed by atoms with Gasteiger partial charge in [-0.1, -0.05) is 12.1 Å². The van der Waals surface area contributed by atoms with Crippen LogP contribution in [0.2, 0.25) is 0 Å². The van der Waals surface area contributed by atoms with E-state index in [0.717, 1.165) is 28.4 Å². The number of methoxy groups -OCH3 is 1. The molecule has 6 heteroatoms. The second kappa shape index (κ2) is 5.73. The Balaban J connectivity index is 1.82. The van der Waals surface area contributed by atoms with Gasteiger partial charge in [-0.3, -0.25) is 9.56 Å². The highest BCUT2D eigenvalue weighted by Gasteiger charge is 2.22. The van der Waals surface area contributed by atoms with Crippen molar-refractivity contribution in [3.8, 4) is 22.8 Å². The van der Waals surface area contributed by atoms with E-state index in [-0.39, 0.29) is 6.04 Å². The SMILES string of the molecule is COc1ccccc1-n1cccc2c(C3C=C(N)NC=N3)cnc1-2. The lowest BCUT2D eigenvalue weighted by Crippen LogP contribution is -2.22. The van der Waals surface area contributed by atoms with Crippen molar-refractivity contribution in [1.82, 2.24) is 14.9 Å². The van der Waals surface area contributed by atoms with Crippen molar-refractivity contribution in [2.24, 2.45) is 10.7 Å². The van der Waals surface area contributed by atoms with Gasteiger partial charge in [-0.25, -0.2) is 4.98 Å². The minimum Gasteiger partial charge on any atom is -0.495 e. The summed E-state index contributed by atoms with van der Waals surface area (Å²) >= 11 is 0. The van der Waals surface area contributed by atoms with E-state index in [2.05, 4.69) is 15.3 Å². The highest BCUT2D eigenvalue weighted by Crippen LogP contribution is 2.35. The molecular weight excluding hydrogens is 302 g/mol. The molecule has 3 aliphatic rings. The normalized spacial score (nSPS) is 16.7. The van der Waals surface area contributed by atoms with Gasteiger partial charge in [-0.15, -0.1) is 0 Å². The molecule has 0 aromatic heterocycles. The van der Waals surface area contributed by atoms with Crippen LogP contribution >= 0.6 is 0 Å². The lowest BCUT2D eigenvalue weighted by molar-refractivity contribution is 0.413. The first-order valence-corrected chi connectivity index (χ1v) is 7.63. The number of pyridine rings is 1. The maximum absolute atomic E-state index is 5.85. The second-order valence-electron chi connectivity index (χ2n) is 5.49. The molecule has 6 nitrogen and oxygen atoms in total. The molecule has 0 bridgehead atoms. The lowest BCUT2D eigenvalue weighted by atomic mass is 10.0. The van der Waals surface area contributed by atoms with Crippen LogP contribution in [-0.4, -0.2) is 23.0 Å². The molecule has 0 fully saturated rings. The number of para-hydroxylation sites is 2. The number of nitrogens with one attached hydrogen (secondary N) is 1.